The number of fused-ring (bicyclic) bond motifs is 1. The molecule has 1 N–H and O–H groups in total. The van der Waals surface area contributed by atoms with Crippen LogP contribution in [-0.2, 0) is 0 Å². The van der Waals surface area contributed by atoms with Crippen LogP contribution < -0.4 is 4.74 Å². The van der Waals surface area contributed by atoms with Crippen molar-refractivity contribution < 1.29 is 18.8 Å². The van der Waals surface area contributed by atoms with Gasteiger partial charge in [-0.2, -0.15) is 0 Å². The second-order valence-electron chi connectivity index (χ2n) is 5.50. The van der Waals surface area contributed by atoms with Gasteiger partial charge in [-0.25, -0.2) is 0 Å². The molecular formula is C19H15NO4. The summed E-state index contributed by atoms with van der Waals surface area (Å²) >= 11 is 0. The van der Waals surface area contributed by atoms with E-state index in [-0.39, 0.29) is 5.75 Å². The molecule has 120 valence electrons. The van der Waals surface area contributed by atoms with Crippen molar-refractivity contribution in [2.45, 2.75) is 6.92 Å². The van der Waals surface area contributed by atoms with E-state index in [1.54, 1.807) is 19.2 Å². The van der Waals surface area contributed by atoms with Crippen molar-refractivity contribution in [3.8, 4) is 34.1 Å². The zero-order valence-electron chi connectivity index (χ0n) is 13.2. The van der Waals surface area contributed by atoms with Gasteiger partial charge in [-0.15, -0.1) is 0 Å². The zero-order chi connectivity index (χ0) is 16.7. The predicted molar refractivity (Wildman–Crippen MR) is 90.1 cm³/mol. The number of phenolic OH excluding ortho intramolecular Hbond substituents is 1. The summed E-state index contributed by atoms with van der Waals surface area (Å²) < 4.78 is 16.5. The molecule has 0 saturated heterocycles. The Bertz CT molecular complexity index is 996. The van der Waals surface area contributed by atoms with Gasteiger partial charge in [-0.3, -0.25) is 0 Å². The first-order valence-electron chi connectivity index (χ1n) is 7.50. The van der Waals surface area contributed by atoms with E-state index in [1.165, 1.54) is 6.07 Å². The van der Waals surface area contributed by atoms with Crippen molar-refractivity contribution in [1.82, 2.24) is 5.16 Å². The Balaban J connectivity index is 1.90. The third-order valence-electron chi connectivity index (χ3n) is 3.98. The molecule has 0 fully saturated rings. The fourth-order valence-electron chi connectivity index (χ4n) is 2.78. The van der Waals surface area contributed by atoms with Crippen LogP contribution >= 0.6 is 0 Å². The molecule has 0 bridgehead atoms. The maximum Gasteiger partial charge on any atom is 0.181 e. The molecule has 0 aliphatic heterocycles. The first-order valence-corrected chi connectivity index (χ1v) is 7.50. The van der Waals surface area contributed by atoms with Crippen LogP contribution in [0.4, 0.5) is 0 Å². The Morgan fingerprint density at radius 2 is 1.92 bits per heavy atom. The average Bonchev–Trinajstić information content (AvgIpc) is 3.17. The number of rotatable bonds is 3. The van der Waals surface area contributed by atoms with Gasteiger partial charge in [0.1, 0.15) is 22.8 Å². The van der Waals surface area contributed by atoms with Gasteiger partial charge < -0.3 is 18.8 Å². The van der Waals surface area contributed by atoms with E-state index in [4.69, 9.17) is 13.7 Å². The van der Waals surface area contributed by atoms with Gasteiger partial charge in [0.15, 0.2) is 5.76 Å². The van der Waals surface area contributed by atoms with Crippen molar-refractivity contribution in [3.63, 3.8) is 0 Å². The normalized spacial score (nSPS) is 11.1. The highest BCUT2D eigenvalue weighted by Crippen LogP contribution is 2.41. The van der Waals surface area contributed by atoms with Crippen molar-refractivity contribution in [2.75, 3.05) is 7.11 Å². The fourth-order valence-corrected chi connectivity index (χ4v) is 2.78. The molecule has 4 rings (SSSR count). The number of methoxy groups -OCH3 is 1. The van der Waals surface area contributed by atoms with Gasteiger partial charge in [0, 0.05) is 11.5 Å². The molecule has 2 heterocycles. The maximum absolute atomic E-state index is 10.3. The van der Waals surface area contributed by atoms with Gasteiger partial charge in [0.25, 0.3) is 0 Å². The van der Waals surface area contributed by atoms with Crippen LogP contribution in [0.5, 0.6) is 11.5 Å². The van der Waals surface area contributed by atoms with Crippen LogP contribution in [-0.4, -0.2) is 17.4 Å². The molecule has 0 unspecified atom stereocenters. The Hall–Kier alpha value is -3.21. The Morgan fingerprint density at radius 3 is 2.67 bits per heavy atom. The first kappa shape index (κ1) is 14.4. The van der Waals surface area contributed by atoms with E-state index in [1.807, 2.05) is 37.3 Å². The largest absolute Gasteiger partial charge is 0.507 e. The van der Waals surface area contributed by atoms with E-state index in [0.29, 0.717) is 28.5 Å². The van der Waals surface area contributed by atoms with Gasteiger partial charge in [-0.1, -0.05) is 23.4 Å². The highest BCUT2D eigenvalue weighted by molar-refractivity contribution is 5.88. The minimum atomic E-state index is 0.0582. The van der Waals surface area contributed by atoms with E-state index < -0.39 is 0 Å². The minimum absolute atomic E-state index is 0.0582. The lowest BCUT2D eigenvalue weighted by Gasteiger charge is -2.05. The van der Waals surface area contributed by atoms with Crippen molar-refractivity contribution in [3.05, 3.63) is 54.2 Å². The van der Waals surface area contributed by atoms with Crippen LogP contribution in [0.25, 0.3) is 33.6 Å². The molecule has 24 heavy (non-hydrogen) atoms. The van der Waals surface area contributed by atoms with Crippen LogP contribution in [0.1, 0.15) is 5.69 Å². The summed E-state index contributed by atoms with van der Waals surface area (Å²) in [7, 11) is 1.55. The fraction of sp³-hybridized carbons (Fsp3) is 0.105. The number of benzene rings is 2. The lowest BCUT2D eigenvalue weighted by Crippen LogP contribution is -1.85. The van der Waals surface area contributed by atoms with E-state index in [2.05, 4.69) is 5.16 Å². The molecule has 0 radical (unpaired) electrons. The monoisotopic (exact) mass is 321 g/mol. The molecule has 2 aromatic heterocycles. The Kier molecular flexibility index (Phi) is 3.27. The van der Waals surface area contributed by atoms with Gasteiger partial charge in [-0.05, 0) is 31.2 Å². The average molecular weight is 321 g/mol. The predicted octanol–water partition coefficient (Wildman–Crippen LogP) is 4.78. The third-order valence-corrected chi connectivity index (χ3v) is 3.98. The number of furan rings is 1. The zero-order valence-corrected chi connectivity index (χ0v) is 13.2. The highest BCUT2D eigenvalue weighted by Gasteiger charge is 2.22. The molecular weight excluding hydrogens is 306 g/mol. The molecule has 4 aromatic rings. The molecule has 0 aliphatic rings. The summed E-state index contributed by atoms with van der Waals surface area (Å²) in [5, 5.41) is 15.3. The molecule has 5 nitrogen and oxygen atoms in total. The number of ether oxygens (including phenoxy) is 1. The number of hydrogen-bond acceptors (Lipinski definition) is 5. The number of phenols is 1. The Morgan fingerprint density at radius 1 is 1.08 bits per heavy atom. The van der Waals surface area contributed by atoms with E-state index in [0.717, 1.165) is 16.5 Å². The maximum atomic E-state index is 10.3. The molecule has 5 heteroatoms. The van der Waals surface area contributed by atoms with Crippen LogP contribution in [0.15, 0.2) is 57.5 Å². The quantitative estimate of drug-likeness (QED) is 0.588. The molecule has 2 aromatic carbocycles. The highest BCUT2D eigenvalue weighted by atomic mass is 16.5. The Labute approximate surface area is 138 Å². The lowest BCUT2D eigenvalue weighted by molar-refractivity contribution is 0.405. The van der Waals surface area contributed by atoms with Gasteiger partial charge >= 0.3 is 0 Å². The van der Waals surface area contributed by atoms with Gasteiger partial charge in [0.05, 0.1) is 23.9 Å². The standard InChI is InChI=1S/C19H15NO4/c1-11-18(17-9-12-5-3-4-6-16(12)23-17)19(24-20-11)14-8-7-13(22-2)10-15(14)21/h3-10,21H,1-2H3. The van der Waals surface area contributed by atoms with E-state index in [9.17, 15) is 5.11 Å². The number of aromatic nitrogens is 1. The summed E-state index contributed by atoms with van der Waals surface area (Å²) in [6.07, 6.45) is 0. The molecule has 0 amide bonds. The van der Waals surface area contributed by atoms with Crippen LogP contribution in [0.3, 0.4) is 0 Å². The SMILES string of the molecule is COc1ccc(-c2onc(C)c2-c2cc3ccccc3o2)c(O)c1. The van der Waals surface area contributed by atoms with Crippen molar-refractivity contribution in [2.24, 2.45) is 0 Å². The number of hydrogen-bond donors (Lipinski definition) is 1. The number of aromatic hydroxyl groups is 1. The van der Waals surface area contributed by atoms with Crippen LogP contribution in [0, 0.1) is 6.92 Å². The second kappa shape index (κ2) is 5.45. The smallest absolute Gasteiger partial charge is 0.181 e. The van der Waals surface area contributed by atoms with Crippen molar-refractivity contribution in [1.29, 1.82) is 0 Å². The van der Waals surface area contributed by atoms with E-state index >= 15 is 0 Å². The molecule has 0 saturated carbocycles. The number of nitrogens with zero attached hydrogens (tertiary/aromatic N) is 1. The lowest BCUT2D eigenvalue weighted by atomic mass is 10.0. The number of para-hydroxylation sites is 1. The first-order chi connectivity index (χ1) is 11.7. The second-order valence-corrected chi connectivity index (χ2v) is 5.50. The summed E-state index contributed by atoms with van der Waals surface area (Å²) in [6.45, 7) is 1.84. The minimum Gasteiger partial charge on any atom is -0.507 e. The summed E-state index contributed by atoms with van der Waals surface area (Å²) in [5.41, 5.74) is 2.75. The summed E-state index contributed by atoms with van der Waals surface area (Å²) in [6, 6.07) is 14.7. The summed E-state index contributed by atoms with van der Waals surface area (Å²) in [4.78, 5) is 0. The van der Waals surface area contributed by atoms with Crippen molar-refractivity contribution >= 4 is 11.0 Å². The topological polar surface area (TPSA) is 68.6 Å². The van der Waals surface area contributed by atoms with Crippen LogP contribution in [0.2, 0.25) is 0 Å². The van der Waals surface area contributed by atoms with Gasteiger partial charge in [0.2, 0.25) is 0 Å². The molecule has 0 atom stereocenters. The molecule has 0 spiro atoms. The number of aryl methyl sites for hydroxylation is 1. The summed E-state index contributed by atoms with van der Waals surface area (Å²) in [5.74, 6) is 1.74. The third kappa shape index (κ3) is 2.22. The molecule has 0 aliphatic carbocycles.